The van der Waals surface area contributed by atoms with Crippen molar-refractivity contribution < 1.29 is 23.4 Å². The molecule has 2 aromatic carbocycles. The van der Waals surface area contributed by atoms with Crippen LogP contribution in [0.15, 0.2) is 71.8 Å². The summed E-state index contributed by atoms with van der Waals surface area (Å²) in [5, 5.41) is 12.6. The van der Waals surface area contributed by atoms with Crippen molar-refractivity contribution in [2.24, 2.45) is 0 Å². The van der Waals surface area contributed by atoms with E-state index < -0.39 is 40.9 Å². The Balaban J connectivity index is 1.60. The monoisotopic (exact) mass is 516 g/mol. The van der Waals surface area contributed by atoms with Crippen molar-refractivity contribution in [3.05, 3.63) is 106 Å². The van der Waals surface area contributed by atoms with Gasteiger partial charge in [0.2, 0.25) is 5.43 Å². The maximum atomic E-state index is 15.7. The molecule has 1 saturated heterocycles. The molecule has 7 rings (SSSR count). The Kier molecular flexibility index (Phi) is 4.80. The fourth-order valence-electron chi connectivity index (χ4n) is 6.05. The number of carbonyl (C=O) groups is 1. The SMILES string of the molecule is CC1COCC2N1C(=O)c1c(O)c(=O)ccn1N2C1c2ccccc2-n2cccc2-c2c1ccc(F)c2F. The van der Waals surface area contributed by atoms with E-state index in [1.807, 2.05) is 40.8 Å². The second-order valence-electron chi connectivity index (χ2n) is 9.73. The summed E-state index contributed by atoms with van der Waals surface area (Å²) in [5.41, 5.74) is 1.66. The van der Waals surface area contributed by atoms with Crippen LogP contribution in [0.5, 0.6) is 5.75 Å². The van der Waals surface area contributed by atoms with Crippen molar-refractivity contribution in [2.45, 2.75) is 25.2 Å². The van der Waals surface area contributed by atoms with Gasteiger partial charge in [-0.3, -0.25) is 19.3 Å². The van der Waals surface area contributed by atoms with Gasteiger partial charge in [0, 0.05) is 29.6 Å². The smallest absolute Gasteiger partial charge is 0.278 e. The van der Waals surface area contributed by atoms with E-state index in [0.717, 1.165) is 17.3 Å². The predicted molar refractivity (Wildman–Crippen MR) is 134 cm³/mol. The molecule has 3 unspecified atom stereocenters. The topological polar surface area (TPSA) is 79.9 Å². The van der Waals surface area contributed by atoms with Gasteiger partial charge in [0.15, 0.2) is 23.1 Å². The van der Waals surface area contributed by atoms with Gasteiger partial charge < -0.3 is 19.3 Å². The van der Waals surface area contributed by atoms with Gasteiger partial charge in [0.25, 0.3) is 5.91 Å². The van der Waals surface area contributed by atoms with Gasteiger partial charge in [-0.15, -0.1) is 0 Å². The molecule has 1 N–H and O–H groups in total. The van der Waals surface area contributed by atoms with Crippen molar-refractivity contribution in [1.82, 2.24) is 14.1 Å². The highest BCUT2D eigenvalue weighted by Gasteiger charge is 2.48. The fraction of sp³-hybridized carbons (Fsp3) is 0.214. The van der Waals surface area contributed by atoms with Gasteiger partial charge in [0.05, 0.1) is 30.6 Å². The minimum absolute atomic E-state index is 0.0937. The van der Waals surface area contributed by atoms with Crippen LogP contribution in [0.2, 0.25) is 0 Å². The maximum absolute atomic E-state index is 15.7. The first-order chi connectivity index (χ1) is 18.4. The molecule has 0 radical (unpaired) electrons. The Bertz CT molecular complexity index is 1700. The number of para-hydroxylation sites is 1. The van der Waals surface area contributed by atoms with Crippen LogP contribution in [0.4, 0.5) is 8.78 Å². The van der Waals surface area contributed by atoms with E-state index in [-0.39, 0.29) is 30.5 Å². The summed E-state index contributed by atoms with van der Waals surface area (Å²) in [4.78, 5) is 27.7. The van der Waals surface area contributed by atoms with Gasteiger partial charge in [-0.05, 0) is 36.8 Å². The molecular formula is C28H22F2N4O4. The third kappa shape index (κ3) is 2.91. The van der Waals surface area contributed by atoms with Gasteiger partial charge in [-0.25, -0.2) is 8.78 Å². The molecule has 0 bridgehead atoms. The number of halogens is 2. The first-order valence-electron chi connectivity index (χ1n) is 12.3. The molecule has 0 saturated carbocycles. The number of aromatic hydroxyl groups is 1. The fourth-order valence-corrected chi connectivity index (χ4v) is 6.05. The van der Waals surface area contributed by atoms with Gasteiger partial charge in [-0.1, -0.05) is 24.3 Å². The number of ether oxygens (including phenoxy) is 1. The molecule has 2 aromatic heterocycles. The molecule has 3 aliphatic heterocycles. The van der Waals surface area contributed by atoms with E-state index in [1.165, 1.54) is 16.9 Å². The number of amides is 1. The van der Waals surface area contributed by atoms with Crippen LogP contribution < -0.4 is 10.4 Å². The predicted octanol–water partition coefficient (Wildman–Crippen LogP) is 3.53. The standard InChI is InChI=1S/C28H22F2N4O4/c1-15-13-38-14-22-33(15)28(37)26-27(36)21(35)10-12-32(26)34(22)25-16-5-2-3-6-19(16)31-11-4-7-20(31)23-17(25)8-9-18(29)24(23)30/h2-12,15,22,25,36H,13-14H2,1H3. The average Bonchev–Trinajstić information content (AvgIpc) is 3.35. The summed E-state index contributed by atoms with van der Waals surface area (Å²) in [6.45, 7) is 2.23. The Labute approximate surface area is 215 Å². The van der Waals surface area contributed by atoms with Crippen molar-refractivity contribution in [3.63, 3.8) is 0 Å². The molecule has 1 fully saturated rings. The number of carbonyl (C=O) groups excluding carboxylic acids is 1. The molecule has 38 heavy (non-hydrogen) atoms. The zero-order chi connectivity index (χ0) is 26.3. The maximum Gasteiger partial charge on any atom is 0.278 e. The van der Waals surface area contributed by atoms with Crippen molar-refractivity contribution >= 4 is 5.91 Å². The van der Waals surface area contributed by atoms with Gasteiger partial charge >= 0.3 is 0 Å². The molecular weight excluding hydrogens is 494 g/mol. The lowest BCUT2D eigenvalue weighted by molar-refractivity contribution is -0.0468. The number of benzene rings is 2. The zero-order valence-electron chi connectivity index (χ0n) is 20.2. The number of hydrogen-bond acceptors (Lipinski definition) is 5. The summed E-state index contributed by atoms with van der Waals surface area (Å²) in [6, 6.07) is 13.7. The van der Waals surface area contributed by atoms with E-state index in [4.69, 9.17) is 4.74 Å². The Morgan fingerprint density at radius 1 is 0.947 bits per heavy atom. The number of aromatic nitrogens is 2. The summed E-state index contributed by atoms with van der Waals surface area (Å²) in [6.07, 6.45) is 2.55. The van der Waals surface area contributed by atoms with Crippen LogP contribution in [-0.2, 0) is 4.74 Å². The van der Waals surface area contributed by atoms with Crippen LogP contribution >= 0.6 is 0 Å². The largest absolute Gasteiger partial charge is 0.502 e. The highest BCUT2D eigenvalue weighted by Crippen LogP contribution is 2.46. The number of morpholine rings is 1. The average molecular weight is 517 g/mol. The van der Waals surface area contributed by atoms with E-state index in [2.05, 4.69) is 0 Å². The number of hydrogen-bond donors (Lipinski definition) is 1. The highest BCUT2D eigenvalue weighted by atomic mass is 19.2. The van der Waals surface area contributed by atoms with E-state index in [9.17, 15) is 19.1 Å². The Morgan fingerprint density at radius 2 is 1.76 bits per heavy atom. The first kappa shape index (κ1) is 22.7. The molecule has 0 aliphatic carbocycles. The minimum Gasteiger partial charge on any atom is -0.502 e. The van der Waals surface area contributed by atoms with Crippen molar-refractivity contribution in [2.75, 3.05) is 18.2 Å². The molecule has 8 nitrogen and oxygen atoms in total. The number of nitrogens with zero attached hydrogens (tertiary/aromatic N) is 4. The van der Waals surface area contributed by atoms with Crippen LogP contribution in [0.1, 0.15) is 34.6 Å². The molecule has 10 heteroatoms. The van der Waals surface area contributed by atoms with Crippen molar-refractivity contribution in [3.8, 4) is 22.7 Å². The quantitative estimate of drug-likeness (QED) is 0.419. The normalized spacial score (nSPS) is 21.7. The van der Waals surface area contributed by atoms with Crippen molar-refractivity contribution in [1.29, 1.82) is 0 Å². The lowest BCUT2D eigenvalue weighted by Crippen LogP contribution is -2.68. The van der Waals surface area contributed by atoms with Crippen LogP contribution in [0.3, 0.4) is 0 Å². The first-order valence-corrected chi connectivity index (χ1v) is 12.3. The molecule has 0 spiro atoms. The highest BCUT2D eigenvalue weighted by molar-refractivity contribution is 5.97. The third-order valence-electron chi connectivity index (χ3n) is 7.65. The Hall–Kier alpha value is -4.44. The summed E-state index contributed by atoms with van der Waals surface area (Å²) < 4.78 is 39.5. The van der Waals surface area contributed by atoms with Crippen LogP contribution in [-0.4, -0.2) is 50.6 Å². The minimum atomic E-state index is -0.985. The molecule has 4 aromatic rings. The number of pyridine rings is 1. The van der Waals surface area contributed by atoms with Crippen LogP contribution in [0, 0.1) is 11.6 Å². The summed E-state index contributed by atoms with van der Waals surface area (Å²) >= 11 is 0. The summed E-state index contributed by atoms with van der Waals surface area (Å²) in [7, 11) is 0. The van der Waals surface area contributed by atoms with E-state index in [1.54, 1.807) is 29.3 Å². The number of fused-ring (bicyclic) bond motifs is 7. The molecule has 3 atom stereocenters. The second kappa shape index (κ2) is 8.03. The van der Waals surface area contributed by atoms with Gasteiger partial charge in [0.1, 0.15) is 12.2 Å². The lowest BCUT2D eigenvalue weighted by Gasteiger charge is -2.53. The molecule has 1 amide bonds. The van der Waals surface area contributed by atoms with E-state index >= 15 is 4.39 Å². The molecule has 3 aliphatic rings. The second-order valence-corrected chi connectivity index (χ2v) is 9.73. The zero-order valence-corrected chi connectivity index (χ0v) is 20.2. The molecule has 5 heterocycles. The third-order valence-corrected chi connectivity index (χ3v) is 7.65. The summed E-state index contributed by atoms with van der Waals surface area (Å²) in [5.74, 6) is -3.14. The van der Waals surface area contributed by atoms with Gasteiger partial charge in [-0.2, -0.15) is 0 Å². The number of rotatable bonds is 1. The Morgan fingerprint density at radius 3 is 2.61 bits per heavy atom. The molecule has 192 valence electrons. The van der Waals surface area contributed by atoms with E-state index in [0.29, 0.717) is 11.3 Å². The van der Waals surface area contributed by atoms with Crippen LogP contribution in [0.25, 0.3) is 16.9 Å². The lowest BCUT2D eigenvalue weighted by atomic mass is 9.91.